The Labute approximate surface area is 124 Å². The van der Waals surface area contributed by atoms with Gasteiger partial charge < -0.3 is 19.5 Å². The van der Waals surface area contributed by atoms with Crippen LogP contribution < -0.4 is 5.32 Å². The Balaban J connectivity index is 1.78. The molecule has 2 aliphatic rings. The summed E-state index contributed by atoms with van der Waals surface area (Å²) in [6.45, 7) is 5.86. The molecule has 0 bridgehead atoms. The molecule has 1 spiro atoms. The average molecular weight is 293 g/mol. The minimum Gasteiger partial charge on any atom is -0.380 e. The first-order chi connectivity index (χ1) is 10.2. The van der Waals surface area contributed by atoms with E-state index < -0.39 is 0 Å². The summed E-state index contributed by atoms with van der Waals surface area (Å²) in [4.78, 5) is 14.7. The lowest BCUT2D eigenvalue weighted by Gasteiger charge is -2.39. The number of aromatic nitrogens is 1. The molecular formula is C15H23N3O3. The van der Waals surface area contributed by atoms with Crippen molar-refractivity contribution >= 4 is 5.91 Å². The fraction of sp³-hybridized carbons (Fsp3) is 0.733. The second-order valence-electron chi connectivity index (χ2n) is 6.26. The van der Waals surface area contributed by atoms with E-state index in [2.05, 4.69) is 10.5 Å². The van der Waals surface area contributed by atoms with Gasteiger partial charge in [-0.25, -0.2) is 0 Å². The highest BCUT2D eigenvalue weighted by Gasteiger charge is 2.40. The molecule has 1 N–H and O–H groups in total. The number of rotatable bonds is 3. The molecule has 116 valence electrons. The first-order valence-corrected chi connectivity index (χ1v) is 7.59. The Kier molecular flexibility index (Phi) is 3.99. The fourth-order valence-corrected chi connectivity index (χ4v) is 3.55. The smallest absolute Gasteiger partial charge is 0.276 e. The highest BCUT2D eigenvalue weighted by molar-refractivity contribution is 5.93. The number of amides is 1. The summed E-state index contributed by atoms with van der Waals surface area (Å²) < 4.78 is 10.3. The van der Waals surface area contributed by atoms with E-state index in [4.69, 9.17) is 9.26 Å². The van der Waals surface area contributed by atoms with Gasteiger partial charge in [-0.2, -0.15) is 0 Å². The number of hydrogen-bond acceptors (Lipinski definition) is 5. The van der Waals surface area contributed by atoms with E-state index in [1.54, 1.807) is 7.11 Å². The number of nitrogens with zero attached hydrogens (tertiary/aromatic N) is 2. The molecule has 0 unspecified atom stereocenters. The van der Waals surface area contributed by atoms with Crippen molar-refractivity contribution in [2.24, 2.45) is 5.41 Å². The van der Waals surface area contributed by atoms with Crippen LogP contribution in [0.3, 0.4) is 0 Å². The van der Waals surface area contributed by atoms with Crippen LogP contribution in [-0.4, -0.2) is 49.3 Å². The maximum absolute atomic E-state index is 12.8. The van der Waals surface area contributed by atoms with E-state index in [-0.39, 0.29) is 11.3 Å². The summed E-state index contributed by atoms with van der Waals surface area (Å²) in [7, 11) is 1.61. The molecule has 1 aromatic heterocycles. The molecule has 2 fully saturated rings. The number of methoxy groups -OCH3 is 1. The number of carbonyl (C=O) groups is 1. The zero-order chi connectivity index (χ0) is 14.9. The number of aryl methyl sites for hydroxylation is 1. The van der Waals surface area contributed by atoms with Gasteiger partial charge in [-0.15, -0.1) is 0 Å². The van der Waals surface area contributed by atoms with Crippen LogP contribution in [-0.2, 0) is 11.3 Å². The lowest BCUT2D eigenvalue weighted by Crippen LogP contribution is -2.47. The number of likely N-dealkylation sites (tertiary alicyclic amines) is 1. The molecule has 3 heterocycles. The maximum Gasteiger partial charge on any atom is 0.276 e. The molecule has 1 amide bonds. The quantitative estimate of drug-likeness (QED) is 0.911. The van der Waals surface area contributed by atoms with Gasteiger partial charge in [0.25, 0.3) is 5.91 Å². The van der Waals surface area contributed by atoms with Crippen molar-refractivity contribution < 1.29 is 14.1 Å². The molecule has 0 saturated carbocycles. The van der Waals surface area contributed by atoms with E-state index in [1.165, 1.54) is 6.42 Å². The van der Waals surface area contributed by atoms with Gasteiger partial charge in [-0.1, -0.05) is 5.16 Å². The average Bonchev–Trinajstić information content (AvgIpc) is 3.07. The van der Waals surface area contributed by atoms with Crippen molar-refractivity contribution in [3.63, 3.8) is 0 Å². The molecular weight excluding hydrogens is 270 g/mol. The number of carbonyl (C=O) groups excluding carboxylic acids is 1. The van der Waals surface area contributed by atoms with Gasteiger partial charge >= 0.3 is 0 Å². The van der Waals surface area contributed by atoms with Crippen molar-refractivity contribution in [1.29, 1.82) is 0 Å². The van der Waals surface area contributed by atoms with Gasteiger partial charge in [0.05, 0.1) is 12.2 Å². The lowest BCUT2D eigenvalue weighted by molar-refractivity contribution is 0.0540. The van der Waals surface area contributed by atoms with Crippen LogP contribution in [0.5, 0.6) is 0 Å². The van der Waals surface area contributed by atoms with Crippen LogP contribution >= 0.6 is 0 Å². The van der Waals surface area contributed by atoms with E-state index in [1.807, 2.05) is 11.8 Å². The maximum atomic E-state index is 12.8. The summed E-state index contributed by atoms with van der Waals surface area (Å²) in [6.07, 6.45) is 3.41. The molecule has 1 atom stereocenters. The minimum absolute atomic E-state index is 0.0233. The van der Waals surface area contributed by atoms with Crippen LogP contribution in [0.2, 0.25) is 0 Å². The summed E-state index contributed by atoms with van der Waals surface area (Å²) in [6, 6.07) is 0. The second kappa shape index (κ2) is 5.77. The van der Waals surface area contributed by atoms with Crippen LogP contribution in [0.1, 0.15) is 41.1 Å². The van der Waals surface area contributed by atoms with Crippen LogP contribution in [0.15, 0.2) is 4.52 Å². The van der Waals surface area contributed by atoms with Crippen molar-refractivity contribution in [2.75, 3.05) is 33.3 Å². The third-order valence-corrected chi connectivity index (χ3v) is 4.76. The number of nitrogens with one attached hydrogen (secondary N) is 1. The van der Waals surface area contributed by atoms with Crippen molar-refractivity contribution in [2.45, 2.75) is 32.8 Å². The fourth-order valence-electron chi connectivity index (χ4n) is 3.55. The molecule has 21 heavy (non-hydrogen) atoms. The van der Waals surface area contributed by atoms with Crippen molar-refractivity contribution in [3.05, 3.63) is 17.0 Å². The summed E-state index contributed by atoms with van der Waals surface area (Å²) in [5.41, 5.74) is 1.44. The number of hydrogen-bond donors (Lipinski definition) is 1. The van der Waals surface area contributed by atoms with Gasteiger partial charge in [0.2, 0.25) is 0 Å². The Morgan fingerprint density at radius 3 is 3.10 bits per heavy atom. The third kappa shape index (κ3) is 2.70. The van der Waals surface area contributed by atoms with E-state index in [0.29, 0.717) is 18.1 Å². The van der Waals surface area contributed by atoms with Crippen LogP contribution in [0, 0.1) is 12.3 Å². The Morgan fingerprint density at radius 2 is 2.38 bits per heavy atom. The van der Waals surface area contributed by atoms with E-state index >= 15 is 0 Å². The zero-order valence-corrected chi connectivity index (χ0v) is 12.8. The monoisotopic (exact) mass is 293 g/mol. The summed E-state index contributed by atoms with van der Waals surface area (Å²) >= 11 is 0. The van der Waals surface area contributed by atoms with Crippen LogP contribution in [0.25, 0.3) is 0 Å². The first-order valence-electron chi connectivity index (χ1n) is 7.59. The summed E-state index contributed by atoms with van der Waals surface area (Å²) in [5, 5.41) is 7.39. The zero-order valence-electron chi connectivity index (χ0n) is 12.8. The number of piperidine rings is 1. The highest BCUT2D eigenvalue weighted by Crippen LogP contribution is 2.36. The SMILES string of the molecule is COCc1c(C(=O)N2CCC[C@@]3(CCNC3)C2)noc1C. The molecule has 2 saturated heterocycles. The van der Waals surface area contributed by atoms with Gasteiger partial charge in [0, 0.05) is 32.2 Å². The second-order valence-corrected chi connectivity index (χ2v) is 6.26. The molecule has 3 rings (SSSR count). The van der Waals surface area contributed by atoms with Crippen molar-refractivity contribution in [1.82, 2.24) is 15.4 Å². The third-order valence-electron chi connectivity index (χ3n) is 4.76. The van der Waals surface area contributed by atoms with Gasteiger partial charge in [-0.3, -0.25) is 4.79 Å². The first kappa shape index (κ1) is 14.5. The molecule has 0 aromatic carbocycles. The molecule has 0 radical (unpaired) electrons. The Morgan fingerprint density at radius 1 is 1.52 bits per heavy atom. The molecule has 0 aliphatic carbocycles. The normalized spacial score (nSPS) is 25.7. The highest BCUT2D eigenvalue weighted by atomic mass is 16.5. The summed E-state index contributed by atoms with van der Waals surface area (Å²) in [5.74, 6) is 0.638. The largest absolute Gasteiger partial charge is 0.380 e. The predicted molar refractivity (Wildman–Crippen MR) is 77.0 cm³/mol. The van der Waals surface area contributed by atoms with Gasteiger partial charge in [0.15, 0.2) is 5.69 Å². The Bertz CT molecular complexity index is 520. The standard InChI is InChI=1S/C15H23N3O3/c1-11-12(8-20-2)13(17-21-11)14(19)18-7-3-4-15(10-18)5-6-16-9-15/h16H,3-10H2,1-2H3/t15-/m0/s1. The topological polar surface area (TPSA) is 67.6 Å². The van der Waals surface area contributed by atoms with Crippen molar-refractivity contribution in [3.8, 4) is 0 Å². The van der Waals surface area contributed by atoms with Gasteiger partial charge in [0.1, 0.15) is 5.76 Å². The van der Waals surface area contributed by atoms with Gasteiger partial charge in [-0.05, 0) is 32.7 Å². The number of ether oxygens (including phenoxy) is 1. The predicted octanol–water partition coefficient (Wildman–Crippen LogP) is 1.35. The lowest BCUT2D eigenvalue weighted by atomic mass is 9.79. The molecule has 6 nitrogen and oxygen atoms in total. The van der Waals surface area contributed by atoms with Crippen LogP contribution in [0.4, 0.5) is 0 Å². The molecule has 6 heteroatoms. The molecule has 2 aliphatic heterocycles. The molecule has 1 aromatic rings. The van der Waals surface area contributed by atoms with E-state index in [0.717, 1.165) is 44.6 Å². The minimum atomic E-state index is -0.0233. The Hall–Kier alpha value is -1.40. The van der Waals surface area contributed by atoms with E-state index in [9.17, 15) is 4.79 Å².